The highest BCUT2D eigenvalue weighted by molar-refractivity contribution is 5.87. The van der Waals surface area contributed by atoms with E-state index in [4.69, 9.17) is 9.47 Å². The lowest BCUT2D eigenvalue weighted by Crippen LogP contribution is -2.46. The Balaban J connectivity index is 0.826. The van der Waals surface area contributed by atoms with Gasteiger partial charge in [-0.15, -0.1) is 0 Å². The van der Waals surface area contributed by atoms with E-state index in [1.807, 2.05) is 42.5 Å². The normalized spacial score (nSPS) is 17.6. The van der Waals surface area contributed by atoms with Crippen LogP contribution in [0.25, 0.3) is 10.9 Å². The summed E-state index contributed by atoms with van der Waals surface area (Å²) in [6.07, 6.45) is 10.2. The van der Waals surface area contributed by atoms with Crippen LogP contribution in [0.4, 0.5) is 0 Å². The number of H-pyrrole nitrogens is 1. The van der Waals surface area contributed by atoms with Crippen molar-refractivity contribution in [3.63, 3.8) is 0 Å². The van der Waals surface area contributed by atoms with Gasteiger partial charge in [-0.1, -0.05) is 80.6 Å². The van der Waals surface area contributed by atoms with E-state index in [-0.39, 0.29) is 17.2 Å². The molecule has 2 atom stereocenters. The van der Waals surface area contributed by atoms with Crippen molar-refractivity contribution in [2.75, 3.05) is 39.4 Å². The largest absolute Gasteiger partial charge is 0.506 e. The zero-order valence-corrected chi connectivity index (χ0v) is 31.4. The summed E-state index contributed by atoms with van der Waals surface area (Å²) in [5.74, 6) is 0.563. The summed E-state index contributed by atoms with van der Waals surface area (Å²) in [5, 5.41) is 36.5. The molecule has 3 aromatic carbocycles. The van der Waals surface area contributed by atoms with Crippen molar-refractivity contribution in [2.45, 2.75) is 88.9 Å². The number of nitrogens with zero attached hydrogens (tertiary/aromatic N) is 1. The van der Waals surface area contributed by atoms with Crippen LogP contribution in [0, 0.1) is 11.8 Å². The molecule has 2 aliphatic rings. The average molecular weight is 740 g/mol. The molecule has 1 unspecified atom stereocenters. The second-order valence-electron chi connectivity index (χ2n) is 15.2. The van der Waals surface area contributed by atoms with Crippen molar-refractivity contribution in [2.24, 2.45) is 11.8 Å². The lowest BCUT2D eigenvalue weighted by molar-refractivity contribution is -0.177. The fourth-order valence-electron chi connectivity index (χ4n) is 8.09. The number of pyridine rings is 1. The van der Waals surface area contributed by atoms with E-state index < -0.39 is 17.7 Å². The fourth-order valence-corrected chi connectivity index (χ4v) is 8.09. The monoisotopic (exact) mass is 739 g/mol. The smallest absolute Gasteiger partial charge is 0.343 e. The van der Waals surface area contributed by atoms with Crippen molar-refractivity contribution in [3.8, 4) is 11.5 Å². The minimum Gasteiger partial charge on any atom is -0.506 e. The van der Waals surface area contributed by atoms with Gasteiger partial charge in [0, 0.05) is 30.5 Å². The number of unbranched alkanes of at least 4 members (excludes halogenated alkanes) is 3. The number of carbonyl (C=O) groups is 1. The van der Waals surface area contributed by atoms with Gasteiger partial charge in [0.2, 0.25) is 5.56 Å². The van der Waals surface area contributed by atoms with Gasteiger partial charge in [-0.2, -0.15) is 0 Å². The Hall–Kier alpha value is -4.22. The van der Waals surface area contributed by atoms with Crippen LogP contribution in [0.15, 0.2) is 83.7 Å². The van der Waals surface area contributed by atoms with Crippen LogP contribution < -0.4 is 15.6 Å². The van der Waals surface area contributed by atoms with Crippen molar-refractivity contribution in [1.29, 1.82) is 0 Å². The van der Waals surface area contributed by atoms with Gasteiger partial charge < -0.3 is 35.1 Å². The van der Waals surface area contributed by atoms with Gasteiger partial charge in [-0.3, -0.25) is 9.69 Å². The molecule has 1 aliphatic carbocycles. The summed E-state index contributed by atoms with van der Waals surface area (Å²) >= 11 is 0. The zero-order valence-electron chi connectivity index (χ0n) is 31.4. The van der Waals surface area contributed by atoms with Gasteiger partial charge in [-0.05, 0) is 105 Å². The number of ether oxygens (including phenoxy) is 2. The van der Waals surface area contributed by atoms with Crippen molar-refractivity contribution in [1.82, 2.24) is 15.2 Å². The predicted molar refractivity (Wildman–Crippen MR) is 210 cm³/mol. The molecule has 5 N–H and O–H groups in total. The molecule has 54 heavy (non-hydrogen) atoms. The molecule has 0 spiro atoms. The molecule has 1 saturated carbocycles. The molecule has 1 aliphatic heterocycles. The molecule has 2 heterocycles. The number of hydrogen-bond acceptors (Lipinski definition) is 9. The van der Waals surface area contributed by atoms with Crippen LogP contribution in [-0.2, 0) is 21.7 Å². The Kier molecular flexibility index (Phi) is 14.2. The maximum Gasteiger partial charge on any atom is 0.343 e. The fraction of sp³-hybridized carbons (Fsp3) is 0.500. The third kappa shape index (κ3) is 10.3. The van der Waals surface area contributed by atoms with Crippen LogP contribution in [-0.4, -0.2) is 70.6 Å². The topological polar surface area (TPSA) is 144 Å². The van der Waals surface area contributed by atoms with E-state index in [1.165, 1.54) is 17.7 Å². The molecule has 0 radical (unpaired) electrons. The standard InChI is InChI=1S/C44H57N3O7/c48-39-21-19-37(38-20-22-41(50)46-42(38)39)40(49)29-45-25-9-1-2-10-28-53-36-17-15-32(16-18-36)30-47-26-23-33(24-27-47)31-54-43(51)44(52,34-11-5-3-6-12-34)35-13-7-4-8-14-35/h3,5-6,11-12,15-22,33,35,40,45,48-49,52H,1-2,4,7-10,13-14,23-31H2,(H,46,50)/t40-,44?/m0/s1. The number of piperidine rings is 1. The first-order chi connectivity index (χ1) is 26.3. The van der Waals surface area contributed by atoms with E-state index in [1.54, 1.807) is 12.1 Å². The highest BCUT2D eigenvalue weighted by atomic mass is 16.5. The number of phenols is 1. The second-order valence-corrected chi connectivity index (χ2v) is 15.2. The molecule has 4 aromatic rings. The Bertz CT molecular complexity index is 1820. The van der Waals surface area contributed by atoms with Crippen molar-refractivity contribution in [3.05, 3.63) is 106 Å². The Labute approximate surface area is 318 Å². The number of nitrogens with one attached hydrogen (secondary N) is 2. The number of aliphatic hydroxyl groups excluding tert-OH is 1. The first kappa shape index (κ1) is 39.5. The lowest BCUT2D eigenvalue weighted by atomic mass is 9.73. The molecular weight excluding hydrogens is 682 g/mol. The molecular formula is C44H57N3O7. The number of carbonyl (C=O) groups excluding carboxylic acids is 1. The van der Waals surface area contributed by atoms with Gasteiger partial charge in [0.15, 0.2) is 5.60 Å². The van der Waals surface area contributed by atoms with E-state index >= 15 is 0 Å². The summed E-state index contributed by atoms with van der Waals surface area (Å²) in [6, 6.07) is 23.9. The Morgan fingerprint density at radius 2 is 1.63 bits per heavy atom. The number of aromatic nitrogens is 1. The highest BCUT2D eigenvalue weighted by Crippen LogP contribution is 2.40. The predicted octanol–water partition coefficient (Wildman–Crippen LogP) is 6.72. The molecule has 290 valence electrons. The number of aliphatic hydroxyl groups is 2. The summed E-state index contributed by atoms with van der Waals surface area (Å²) in [4.78, 5) is 30.2. The van der Waals surface area contributed by atoms with Gasteiger partial charge >= 0.3 is 5.97 Å². The zero-order chi connectivity index (χ0) is 37.8. The third-order valence-corrected chi connectivity index (χ3v) is 11.3. The molecule has 0 bridgehead atoms. The van der Waals surface area contributed by atoms with E-state index in [0.717, 1.165) is 103 Å². The number of esters is 1. The third-order valence-electron chi connectivity index (χ3n) is 11.3. The number of hydrogen-bond donors (Lipinski definition) is 5. The van der Waals surface area contributed by atoms with Gasteiger partial charge in [0.1, 0.15) is 11.5 Å². The number of likely N-dealkylation sites (tertiary alicyclic amines) is 1. The van der Waals surface area contributed by atoms with Crippen LogP contribution >= 0.6 is 0 Å². The Morgan fingerprint density at radius 3 is 2.39 bits per heavy atom. The molecule has 0 amide bonds. The number of aromatic amines is 1. The average Bonchev–Trinajstić information content (AvgIpc) is 3.21. The van der Waals surface area contributed by atoms with Crippen LogP contribution in [0.1, 0.15) is 93.4 Å². The number of phenolic OH excluding ortho intramolecular Hbond substituents is 1. The summed E-state index contributed by atoms with van der Waals surface area (Å²) in [6.45, 7) is 4.96. The number of fused-ring (bicyclic) bond motifs is 1. The molecule has 6 rings (SSSR count). The number of rotatable bonds is 18. The minimum absolute atomic E-state index is 0.0147. The minimum atomic E-state index is -1.58. The first-order valence-electron chi connectivity index (χ1n) is 19.9. The van der Waals surface area contributed by atoms with Crippen molar-refractivity contribution < 1.29 is 29.6 Å². The molecule has 10 nitrogen and oxygen atoms in total. The highest BCUT2D eigenvalue weighted by Gasteiger charge is 2.47. The van der Waals surface area contributed by atoms with Crippen molar-refractivity contribution >= 4 is 16.9 Å². The van der Waals surface area contributed by atoms with Gasteiger partial charge in [0.05, 0.1) is 24.8 Å². The first-order valence-corrected chi connectivity index (χ1v) is 19.9. The quantitative estimate of drug-likeness (QED) is 0.0555. The molecule has 2 fully saturated rings. The molecule has 1 aromatic heterocycles. The van der Waals surface area contributed by atoms with Crippen LogP contribution in [0.3, 0.4) is 0 Å². The summed E-state index contributed by atoms with van der Waals surface area (Å²) < 4.78 is 11.9. The molecule has 1 saturated heterocycles. The van der Waals surface area contributed by atoms with Gasteiger partial charge in [0.25, 0.3) is 0 Å². The van der Waals surface area contributed by atoms with E-state index in [0.29, 0.717) is 47.7 Å². The maximum atomic E-state index is 13.5. The molecule has 10 heteroatoms. The summed E-state index contributed by atoms with van der Waals surface area (Å²) in [5.41, 5.74) is 1.02. The van der Waals surface area contributed by atoms with Crippen LogP contribution in [0.5, 0.6) is 11.5 Å². The van der Waals surface area contributed by atoms with E-state index in [9.17, 15) is 24.9 Å². The van der Waals surface area contributed by atoms with E-state index in [2.05, 4.69) is 27.3 Å². The van der Waals surface area contributed by atoms with Crippen LogP contribution in [0.2, 0.25) is 0 Å². The SMILES string of the molecule is O=C(OCC1CCN(Cc2ccc(OCCCCCCNC[C@H](O)c3ccc(O)c4[nH]c(=O)ccc34)cc2)CC1)C(O)(c1ccccc1)C1CCCCC1. The number of aromatic hydroxyl groups is 1. The number of benzene rings is 3. The Morgan fingerprint density at radius 1 is 0.889 bits per heavy atom. The second kappa shape index (κ2) is 19.4. The maximum absolute atomic E-state index is 13.5. The lowest BCUT2D eigenvalue weighted by Gasteiger charge is -2.37. The summed E-state index contributed by atoms with van der Waals surface area (Å²) in [7, 11) is 0. The van der Waals surface area contributed by atoms with Gasteiger partial charge in [-0.25, -0.2) is 4.79 Å².